The highest BCUT2D eigenvalue weighted by atomic mass is 35.5. The van der Waals surface area contributed by atoms with Crippen LogP contribution in [0.3, 0.4) is 0 Å². The van der Waals surface area contributed by atoms with Gasteiger partial charge >= 0.3 is 0 Å². The average Bonchev–Trinajstić information content (AvgIpc) is 2.88. The minimum absolute atomic E-state index is 0.0363. The lowest BCUT2D eigenvalue weighted by Gasteiger charge is -2.14. The van der Waals surface area contributed by atoms with Gasteiger partial charge in [-0.05, 0) is 41.5 Å². The lowest BCUT2D eigenvalue weighted by atomic mass is 10.2. The van der Waals surface area contributed by atoms with Gasteiger partial charge in [0, 0.05) is 11.6 Å². The highest BCUT2D eigenvalue weighted by molar-refractivity contribution is 7.99. The fraction of sp³-hybridized carbons (Fsp3) is 0.120. The van der Waals surface area contributed by atoms with Crippen LogP contribution in [0, 0.1) is 0 Å². The van der Waals surface area contributed by atoms with Gasteiger partial charge in [-0.1, -0.05) is 84.0 Å². The molecule has 0 atom stereocenters. The van der Waals surface area contributed by atoms with E-state index in [2.05, 4.69) is 21.2 Å². The highest BCUT2D eigenvalue weighted by Gasteiger charge is 2.14. The number of nitrogens with zero attached hydrogens (tertiary/aromatic N) is 2. The Kier molecular flexibility index (Phi) is 8.36. The normalized spacial score (nSPS) is 10.7. The van der Waals surface area contributed by atoms with Crippen LogP contribution in [0.25, 0.3) is 10.9 Å². The summed E-state index contributed by atoms with van der Waals surface area (Å²) in [6.07, 6.45) is 0. The Morgan fingerprint density at radius 3 is 2.37 bits per heavy atom. The van der Waals surface area contributed by atoms with Crippen LogP contribution in [0.4, 0.5) is 0 Å². The number of thioether (sulfide) groups is 1. The maximum atomic E-state index is 13.3. The third kappa shape index (κ3) is 6.82. The molecule has 0 aliphatic carbocycles. The molecule has 0 unspecified atom stereocenters. The number of amides is 1. The molecule has 10 heteroatoms. The molecule has 1 aromatic heterocycles. The van der Waals surface area contributed by atoms with Crippen molar-refractivity contribution < 1.29 is 4.79 Å². The number of hydrogen-bond acceptors (Lipinski definition) is 5. The number of hydrogen-bond donors (Lipinski definition) is 3. The van der Waals surface area contributed by atoms with E-state index in [-0.39, 0.29) is 17.2 Å². The van der Waals surface area contributed by atoms with E-state index < -0.39 is 0 Å². The summed E-state index contributed by atoms with van der Waals surface area (Å²) in [5.41, 5.74) is 7.59. The molecule has 0 radical (unpaired) electrons. The minimum Gasteiger partial charge on any atom is -0.357 e. The lowest BCUT2D eigenvalue weighted by Crippen LogP contribution is -2.47. The Bertz CT molecular complexity index is 1400. The highest BCUT2D eigenvalue weighted by Crippen LogP contribution is 2.21. The van der Waals surface area contributed by atoms with E-state index in [0.717, 1.165) is 11.1 Å². The van der Waals surface area contributed by atoms with Gasteiger partial charge in [-0.15, -0.1) is 0 Å². The summed E-state index contributed by atoms with van der Waals surface area (Å²) in [6.45, 7) is 0.860. The molecule has 0 saturated heterocycles. The number of fused-ring (bicyclic) bond motifs is 1. The van der Waals surface area contributed by atoms with Crippen molar-refractivity contribution in [1.29, 1.82) is 0 Å². The molecule has 0 fully saturated rings. The summed E-state index contributed by atoms with van der Waals surface area (Å²) in [5, 5.41) is 4.66. The standard InChI is InChI=1S/C25H22ClN5O2S2/c26-19-11-12-21-20(13-19)23(33)31(15-18-9-5-2-6-10-18)25(28-21)35-16-22(32)29-30-24(34)27-14-17-7-3-1-4-8-17/h1-13H,14-16H2,(H,29,32)(H2,27,30,34). The number of carbonyl (C=O) groups excluding carboxylic acids is 1. The summed E-state index contributed by atoms with van der Waals surface area (Å²) < 4.78 is 1.56. The SMILES string of the molecule is O=C(CSc1nc2ccc(Cl)cc2c(=O)n1Cc1ccccc1)NNC(=S)NCc1ccccc1. The molecule has 0 aliphatic rings. The van der Waals surface area contributed by atoms with Crippen LogP contribution in [-0.4, -0.2) is 26.3 Å². The second kappa shape index (κ2) is 11.8. The van der Waals surface area contributed by atoms with Gasteiger partial charge in [-0.2, -0.15) is 0 Å². The molecule has 35 heavy (non-hydrogen) atoms. The average molecular weight is 524 g/mol. The van der Waals surface area contributed by atoms with E-state index in [0.29, 0.717) is 39.3 Å². The third-order valence-electron chi connectivity index (χ3n) is 5.01. The second-order valence-corrected chi connectivity index (χ2v) is 9.35. The Hall–Kier alpha value is -3.40. The largest absolute Gasteiger partial charge is 0.357 e. The summed E-state index contributed by atoms with van der Waals surface area (Å²) in [6, 6.07) is 24.4. The first-order valence-corrected chi connectivity index (χ1v) is 12.5. The van der Waals surface area contributed by atoms with Crippen molar-refractivity contribution in [3.63, 3.8) is 0 Å². The fourth-order valence-electron chi connectivity index (χ4n) is 3.30. The van der Waals surface area contributed by atoms with Gasteiger partial charge in [0.2, 0.25) is 5.91 Å². The number of benzene rings is 3. The molecule has 178 valence electrons. The second-order valence-electron chi connectivity index (χ2n) is 7.56. The maximum absolute atomic E-state index is 13.3. The topological polar surface area (TPSA) is 88.0 Å². The van der Waals surface area contributed by atoms with Gasteiger partial charge in [-0.3, -0.25) is 25.0 Å². The van der Waals surface area contributed by atoms with Crippen LogP contribution in [0.15, 0.2) is 88.8 Å². The smallest absolute Gasteiger partial charge is 0.262 e. The van der Waals surface area contributed by atoms with Gasteiger partial charge in [0.05, 0.1) is 23.2 Å². The Labute approximate surface area is 216 Å². The molecule has 3 N–H and O–H groups in total. The molecule has 1 heterocycles. The molecule has 0 bridgehead atoms. The molecule has 4 aromatic rings. The number of carbonyl (C=O) groups is 1. The number of aromatic nitrogens is 2. The minimum atomic E-state index is -0.310. The van der Waals surface area contributed by atoms with Gasteiger partial charge in [0.25, 0.3) is 5.56 Å². The van der Waals surface area contributed by atoms with Gasteiger partial charge < -0.3 is 5.32 Å². The number of nitrogens with one attached hydrogen (secondary N) is 3. The zero-order valence-electron chi connectivity index (χ0n) is 18.5. The van der Waals surface area contributed by atoms with Crippen LogP contribution in [0.5, 0.6) is 0 Å². The zero-order chi connectivity index (χ0) is 24.6. The van der Waals surface area contributed by atoms with Crippen LogP contribution in [0.2, 0.25) is 5.02 Å². The Balaban J connectivity index is 1.42. The first-order valence-electron chi connectivity index (χ1n) is 10.7. The van der Waals surface area contributed by atoms with Crippen molar-refractivity contribution in [3.8, 4) is 0 Å². The molecule has 1 amide bonds. The number of rotatable bonds is 7. The summed E-state index contributed by atoms with van der Waals surface area (Å²) in [5.74, 6) is -0.273. The summed E-state index contributed by atoms with van der Waals surface area (Å²) in [7, 11) is 0. The summed E-state index contributed by atoms with van der Waals surface area (Å²) >= 11 is 12.5. The summed E-state index contributed by atoms with van der Waals surface area (Å²) in [4.78, 5) is 30.3. The molecule has 4 rings (SSSR count). The van der Waals surface area contributed by atoms with Crippen molar-refractivity contribution in [1.82, 2.24) is 25.7 Å². The van der Waals surface area contributed by atoms with Crippen LogP contribution in [0.1, 0.15) is 11.1 Å². The van der Waals surface area contributed by atoms with Crippen LogP contribution < -0.4 is 21.7 Å². The number of halogens is 1. The number of thiocarbonyl (C=S) groups is 1. The van der Waals surface area contributed by atoms with E-state index >= 15 is 0 Å². The fourth-order valence-corrected chi connectivity index (χ4v) is 4.40. The Morgan fingerprint density at radius 2 is 1.66 bits per heavy atom. The van der Waals surface area contributed by atoms with Gasteiger partial charge in [0.1, 0.15) is 0 Å². The van der Waals surface area contributed by atoms with E-state index in [9.17, 15) is 9.59 Å². The zero-order valence-corrected chi connectivity index (χ0v) is 20.9. The van der Waals surface area contributed by atoms with Gasteiger partial charge in [-0.25, -0.2) is 4.98 Å². The van der Waals surface area contributed by atoms with E-state index in [1.54, 1.807) is 22.8 Å². The first-order chi connectivity index (χ1) is 17.0. The van der Waals surface area contributed by atoms with E-state index in [1.807, 2.05) is 60.7 Å². The predicted molar refractivity (Wildman–Crippen MR) is 144 cm³/mol. The third-order valence-corrected chi connectivity index (χ3v) is 6.47. The number of hydrazine groups is 1. The van der Waals surface area contributed by atoms with Crippen LogP contribution in [-0.2, 0) is 17.9 Å². The Morgan fingerprint density at radius 1 is 0.971 bits per heavy atom. The molecular formula is C25H22ClN5O2S2. The first kappa shape index (κ1) is 24.7. The predicted octanol–water partition coefficient (Wildman–Crippen LogP) is 3.89. The van der Waals surface area contributed by atoms with E-state index in [1.165, 1.54) is 11.8 Å². The molecule has 0 saturated carbocycles. The molecule has 7 nitrogen and oxygen atoms in total. The monoisotopic (exact) mass is 523 g/mol. The van der Waals surface area contributed by atoms with Gasteiger partial charge in [0.15, 0.2) is 10.3 Å². The molecule has 0 spiro atoms. The van der Waals surface area contributed by atoms with Crippen molar-refractivity contribution in [2.75, 3.05) is 5.75 Å². The van der Waals surface area contributed by atoms with Crippen molar-refractivity contribution in [3.05, 3.63) is 105 Å². The van der Waals surface area contributed by atoms with Crippen molar-refractivity contribution in [2.45, 2.75) is 18.2 Å². The molecule has 0 aliphatic heterocycles. The van der Waals surface area contributed by atoms with Crippen molar-refractivity contribution in [2.24, 2.45) is 0 Å². The van der Waals surface area contributed by atoms with Crippen LogP contribution >= 0.6 is 35.6 Å². The van der Waals surface area contributed by atoms with Crippen molar-refractivity contribution >= 4 is 57.5 Å². The lowest BCUT2D eigenvalue weighted by molar-refractivity contribution is -0.119. The maximum Gasteiger partial charge on any atom is 0.262 e. The molecule has 3 aromatic carbocycles. The quantitative estimate of drug-likeness (QED) is 0.147. The molecular weight excluding hydrogens is 502 g/mol. The van der Waals surface area contributed by atoms with E-state index in [4.69, 9.17) is 23.8 Å².